The van der Waals surface area contributed by atoms with E-state index in [2.05, 4.69) is 11.4 Å². The maximum atomic E-state index is 14.0. The van der Waals surface area contributed by atoms with Crippen molar-refractivity contribution in [3.63, 3.8) is 0 Å². The van der Waals surface area contributed by atoms with E-state index in [0.29, 0.717) is 30.2 Å². The summed E-state index contributed by atoms with van der Waals surface area (Å²) in [6.45, 7) is 1.76. The maximum absolute atomic E-state index is 14.0. The standard InChI is InChI=1S/C33H35NO4/c1-36-29-16-17-30-24(22-29)10-11-26(21-25-7-3-4-9-31(25)37-2)32(30)33(35)23-12-14-28(15-13-23)38-20-18-27-8-5-6-19-34-27/h3-4,7,9-17,22,27,34H,5-6,8,18-21H2,1-2H3. The number of rotatable bonds is 10. The minimum absolute atomic E-state index is 0.0105. The second-order valence-corrected chi connectivity index (χ2v) is 9.81. The highest BCUT2D eigenvalue weighted by Gasteiger charge is 2.19. The first kappa shape index (κ1) is 25.8. The van der Waals surface area contributed by atoms with Crippen molar-refractivity contribution < 1.29 is 19.0 Å². The monoisotopic (exact) mass is 509 g/mol. The molecule has 0 saturated carbocycles. The third kappa shape index (κ3) is 5.84. The van der Waals surface area contributed by atoms with Gasteiger partial charge in [0.05, 0.1) is 20.8 Å². The fourth-order valence-corrected chi connectivity index (χ4v) is 5.29. The van der Waals surface area contributed by atoms with Crippen molar-refractivity contribution in [2.45, 2.75) is 38.1 Å². The molecule has 0 bridgehead atoms. The molecule has 0 aromatic heterocycles. The fraction of sp³-hybridized carbons (Fsp3) is 0.303. The molecule has 5 rings (SSSR count). The molecule has 196 valence electrons. The number of ether oxygens (including phenoxy) is 3. The second kappa shape index (κ2) is 12.1. The molecule has 0 spiro atoms. The number of hydrogen-bond donors (Lipinski definition) is 1. The van der Waals surface area contributed by atoms with Crippen molar-refractivity contribution in [3.8, 4) is 17.2 Å². The Bertz CT molecular complexity index is 1390. The number of hydrogen-bond acceptors (Lipinski definition) is 5. The Morgan fingerprint density at radius 1 is 0.868 bits per heavy atom. The van der Waals surface area contributed by atoms with E-state index in [4.69, 9.17) is 14.2 Å². The molecule has 38 heavy (non-hydrogen) atoms. The van der Waals surface area contributed by atoms with Crippen LogP contribution in [0, 0.1) is 0 Å². The van der Waals surface area contributed by atoms with E-state index in [0.717, 1.165) is 52.1 Å². The molecule has 1 atom stereocenters. The Labute approximate surface area is 224 Å². The first-order valence-electron chi connectivity index (χ1n) is 13.4. The smallest absolute Gasteiger partial charge is 0.193 e. The molecule has 4 aromatic rings. The van der Waals surface area contributed by atoms with Crippen LogP contribution in [0.4, 0.5) is 0 Å². The third-order valence-corrected chi connectivity index (χ3v) is 7.38. The summed E-state index contributed by atoms with van der Waals surface area (Å²) in [4.78, 5) is 14.0. The van der Waals surface area contributed by atoms with E-state index in [1.165, 1.54) is 19.3 Å². The number of piperidine rings is 1. The average Bonchev–Trinajstić information content (AvgIpc) is 2.97. The third-order valence-electron chi connectivity index (χ3n) is 7.38. The van der Waals surface area contributed by atoms with Gasteiger partial charge in [0.25, 0.3) is 0 Å². The quantitative estimate of drug-likeness (QED) is 0.245. The molecule has 5 heteroatoms. The van der Waals surface area contributed by atoms with Crippen LogP contribution in [0.1, 0.15) is 52.7 Å². The normalized spacial score (nSPS) is 15.3. The van der Waals surface area contributed by atoms with Crippen molar-refractivity contribution in [2.75, 3.05) is 27.4 Å². The van der Waals surface area contributed by atoms with Crippen LogP contribution in [0.2, 0.25) is 0 Å². The first-order chi connectivity index (χ1) is 18.7. The molecule has 0 radical (unpaired) electrons. The second-order valence-electron chi connectivity index (χ2n) is 9.81. The zero-order valence-electron chi connectivity index (χ0n) is 22.2. The first-order valence-corrected chi connectivity index (χ1v) is 13.4. The number of carbonyl (C=O) groups is 1. The van der Waals surface area contributed by atoms with Gasteiger partial charge in [0.15, 0.2) is 5.78 Å². The van der Waals surface area contributed by atoms with Gasteiger partial charge < -0.3 is 19.5 Å². The SMILES string of the molecule is COc1ccc2c(C(=O)c3ccc(OCCC4CCCCN4)cc3)c(Cc3ccccc3OC)ccc2c1. The summed E-state index contributed by atoms with van der Waals surface area (Å²) in [6, 6.07) is 26.0. The maximum Gasteiger partial charge on any atom is 0.193 e. The van der Waals surface area contributed by atoms with Gasteiger partial charge in [-0.3, -0.25) is 4.79 Å². The van der Waals surface area contributed by atoms with Crippen molar-refractivity contribution in [1.82, 2.24) is 5.32 Å². The van der Waals surface area contributed by atoms with Crippen molar-refractivity contribution >= 4 is 16.6 Å². The van der Waals surface area contributed by atoms with Gasteiger partial charge in [-0.1, -0.05) is 36.8 Å². The number of nitrogens with one attached hydrogen (secondary N) is 1. The van der Waals surface area contributed by atoms with E-state index in [1.54, 1.807) is 14.2 Å². The van der Waals surface area contributed by atoms with E-state index < -0.39 is 0 Å². The van der Waals surface area contributed by atoms with Crippen molar-refractivity contribution in [1.29, 1.82) is 0 Å². The summed E-state index contributed by atoms with van der Waals surface area (Å²) in [5.74, 6) is 2.35. The minimum Gasteiger partial charge on any atom is -0.497 e. The predicted octanol–water partition coefficient (Wildman–Crippen LogP) is 6.59. The van der Waals surface area contributed by atoms with E-state index >= 15 is 0 Å². The Kier molecular flexibility index (Phi) is 8.25. The topological polar surface area (TPSA) is 56.8 Å². The lowest BCUT2D eigenvalue weighted by molar-refractivity contribution is 0.103. The number of ketones is 1. The average molecular weight is 510 g/mol. The Morgan fingerprint density at radius 2 is 1.68 bits per heavy atom. The molecule has 1 unspecified atom stereocenters. The van der Waals surface area contributed by atoms with Gasteiger partial charge in [-0.15, -0.1) is 0 Å². The highest BCUT2D eigenvalue weighted by atomic mass is 16.5. The summed E-state index contributed by atoms with van der Waals surface area (Å²) >= 11 is 0. The van der Waals surface area contributed by atoms with E-state index in [-0.39, 0.29) is 5.78 Å². The summed E-state index contributed by atoms with van der Waals surface area (Å²) in [5, 5.41) is 5.43. The van der Waals surface area contributed by atoms with Crippen molar-refractivity contribution in [2.24, 2.45) is 0 Å². The van der Waals surface area contributed by atoms with Crippen LogP contribution in [0.25, 0.3) is 10.8 Å². The number of para-hydroxylation sites is 1. The Hall–Kier alpha value is -3.83. The number of fused-ring (bicyclic) bond motifs is 1. The Balaban J connectivity index is 1.42. The molecule has 1 aliphatic rings. The van der Waals surface area contributed by atoms with Gasteiger partial charge in [0.1, 0.15) is 17.2 Å². The lowest BCUT2D eigenvalue weighted by Gasteiger charge is -2.23. The van der Waals surface area contributed by atoms with Crippen LogP contribution < -0.4 is 19.5 Å². The fourth-order valence-electron chi connectivity index (χ4n) is 5.29. The van der Waals surface area contributed by atoms with Crippen LogP contribution in [0.15, 0.2) is 78.9 Å². The van der Waals surface area contributed by atoms with E-state index in [1.807, 2.05) is 72.8 Å². The van der Waals surface area contributed by atoms with Crippen molar-refractivity contribution in [3.05, 3.63) is 101 Å². The summed E-state index contributed by atoms with van der Waals surface area (Å²) in [7, 11) is 3.32. The molecular formula is C33H35NO4. The zero-order chi connectivity index (χ0) is 26.3. The van der Waals surface area contributed by atoms with Gasteiger partial charge in [-0.05, 0) is 96.2 Å². The molecule has 1 fully saturated rings. The molecule has 0 amide bonds. The van der Waals surface area contributed by atoms with Crippen LogP contribution in [0.5, 0.6) is 17.2 Å². The van der Waals surface area contributed by atoms with Gasteiger partial charge in [-0.2, -0.15) is 0 Å². The summed E-state index contributed by atoms with van der Waals surface area (Å²) < 4.78 is 17.0. The molecule has 0 aliphatic carbocycles. The molecule has 1 N–H and O–H groups in total. The lowest BCUT2D eigenvalue weighted by Crippen LogP contribution is -2.35. The molecule has 5 nitrogen and oxygen atoms in total. The number of carbonyl (C=O) groups excluding carboxylic acids is 1. The Morgan fingerprint density at radius 3 is 2.45 bits per heavy atom. The summed E-state index contributed by atoms with van der Waals surface area (Å²) in [6.07, 6.45) is 5.34. The van der Waals surface area contributed by atoms with Crippen LogP contribution in [0.3, 0.4) is 0 Å². The zero-order valence-corrected chi connectivity index (χ0v) is 22.2. The number of methoxy groups -OCH3 is 2. The molecule has 1 aliphatic heterocycles. The largest absolute Gasteiger partial charge is 0.497 e. The molecule has 4 aromatic carbocycles. The van der Waals surface area contributed by atoms with Gasteiger partial charge in [-0.25, -0.2) is 0 Å². The minimum atomic E-state index is -0.0105. The van der Waals surface area contributed by atoms with Crippen LogP contribution >= 0.6 is 0 Å². The highest BCUT2D eigenvalue weighted by molar-refractivity contribution is 6.17. The molecule has 1 saturated heterocycles. The summed E-state index contributed by atoms with van der Waals surface area (Å²) in [5.41, 5.74) is 3.33. The highest BCUT2D eigenvalue weighted by Crippen LogP contribution is 2.31. The van der Waals surface area contributed by atoms with E-state index in [9.17, 15) is 4.79 Å². The molecular weight excluding hydrogens is 474 g/mol. The predicted molar refractivity (Wildman–Crippen MR) is 152 cm³/mol. The van der Waals surface area contributed by atoms with Gasteiger partial charge in [0, 0.05) is 23.6 Å². The van der Waals surface area contributed by atoms with Gasteiger partial charge in [0.2, 0.25) is 0 Å². The van der Waals surface area contributed by atoms with Gasteiger partial charge >= 0.3 is 0 Å². The molecule has 1 heterocycles. The van der Waals surface area contributed by atoms with Crippen LogP contribution in [-0.2, 0) is 6.42 Å². The number of benzene rings is 4. The van der Waals surface area contributed by atoms with Crippen LogP contribution in [-0.4, -0.2) is 39.2 Å². The lowest BCUT2D eigenvalue weighted by atomic mass is 9.89.